The summed E-state index contributed by atoms with van der Waals surface area (Å²) in [5, 5.41) is 0. The van der Waals surface area contributed by atoms with Gasteiger partial charge in [-0.3, -0.25) is 4.90 Å². The number of hydrogen-bond acceptors (Lipinski definition) is 3. The number of benzene rings is 1. The number of hydrogen-bond donors (Lipinski definition) is 0. The Bertz CT molecular complexity index is 657. The van der Waals surface area contributed by atoms with E-state index in [2.05, 4.69) is 11.0 Å². The minimum atomic E-state index is -0.465. The highest BCUT2D eigenvalue weighted by Gasteiger charge is 2.27. The average molecular weight is 391 g/mol. The maximum atomic E-state index is 14.6. The van der Waals surface area contributed by atoms with Gasteiger partial charge in [0, 0.05) is 19.6 Å². The Morgan fingerprint density at radius 1 is 1.11 bits per heavy atom. The van der Waals surface area contributed by atoms with Gasteiger partial charge in [0.1, 0.15) is 11.4 Å². The van der Waals surface area contributed by atoms with E-state index in [1.54, 1.807) is 11.0 Å². The summed E-state index contributed by atoms with van der Waals surface area (Å²) in [5.41, 5.74) is 1.41. The van der Waals surface area contributed by atoms with Crippen LogP contribution in [0, 0.1) is 11.7 Å². The van der Waals surface area contributed by atoms with E-state index in [0.717, 1.165) is 50.0 Å². The van der Waals surface area contributed by atoms with Crippen molar-refractivity contribution in [3.05, 3.63) is 35.1 Å². The van der Waals surface area contributed by atoms with Crippen molar-refractivity contribution in [2.24, 2.45) is 5.92 Å². The number of nitrogens with zero attached hydrogens (tertiary/aromatic N) is 2. The molecule has 0 unspecified atom stereocenters. The zero-order valence-corrected chi connectivity index (χ0v) is 17.7. The Hall–Kier alpha value is -1.62. The first-order chi connectivity index (χ1) is 13.3. The van der Waals surface area contributed by atoms with E-state index in [4.69, 9.17) is 4.74 Å². The molecule has 156 valence electrons. The van der Waals surface area contributed by atoms with Gasteiger partial charge in [-0.25, -0.2) is 9.18 Å². The summed E-state index contributed by atoms with van der Waals surface area (Å²) in [5.74, 6) is 0.338. The molecule has 4 nitrogen and oxygen atoms in total. The average Bonchev–Trinajstić information content (AvgIpc) is 2.64. The normalized spacial score (nSPS) is 19.6. The van der Waals surface area contributed by atoms with Crippen LogP contribution in [-0.4, -0.2) is 47.7 Å². The van der Waals surface area contributed by atoms with E-state index in [1.165, 1.54) is 19.3 Å². The van der Waals surface area contributed by atoms with Crippen LogP contribution in [0.4, 0.5) is 9.18 Å². The molecule has 1 amide bonds. The fourth-order valence-corrected chi connectivity index (χ4v) is 4.19. The number of carbonyl (C=O) groups excluding carboxylic acids is 1. The first kappa shape index (κ1) is 21.1. The second kappa shape index (κ2) is 9.25. The number of halogens is 1. The van der Waals surface area contributed by atoms with Crippen molar-refractivity contribution in [1.82, 2.24) is 9.80 Å². The lowest BCUT2D eigenvalue weighted by Crippen LogP contribution is -2.42. The maximum absolute atomic E-state index is 14.6. The van der Waals surface area contributed by atoms with Crippen molar-refractivity contribution in [3.63, 3.8) is 0 Å². The first-order valence-electron chi connectivity index (χ1n) is 10.8. The largest absolute Gasteiger partial charge is 0.444 e. The van der Waals surface area contributed by atoms with Gasteiger partial charge >= 0.3 is 6.09 Å². The van der Waals surface area contributed by atoms with E-state index in [9.17, 15) is 9.18 Å². The predicted octanol–water partition coefficient (Wildman–Crippen LogP) is 5.00. The molecular formula is C23H35FN2O2. The highest BCUT2D eigenvalue weighted by Crippen LogP contribution is 2.25. The molecule has 0 radical (unpaired) electrons. The van der Waals surface area contributed by atoms with Gasteiger partial charge in [0.25, 0.3) is 0 Å². The van der Waals surface area contributed by atoms with Crippen LogP contribution in [0.25, 0.3) is 0 Å². The standard InChI is InChI=1S/C23H35FN2O2/c1-23(2,3)28-22(27)26-13-9-18(10-14-26)15-20-8-7-19(16-21(20)24)17-25-11-5-4-6-12-25/h7-8,16,18H,4-6,9-15,17H2,1-3H3. The van der Waals surface area contributed by atoms with Crippen LogP contribution in [0.15, 0.2) is 18.2 Å². The molecule has 0 N–H and O–H groups in total. The molecule has 3 rings (SSSR count). The van der Waals surface area contributed by atoms with Crippen LogP contribution in [-0.2, 0) is 17.7 Å². The summed E-state index contributed by atoms with van der Waals surface area (Å²) in [6.45, 7) is 10.1. The van der Waals surface area contributed by atoms with Crippen LogP contribution in [0.3, 0.4) is 0 Å². The molecule has 0 bridgehead atoms. The van der Waals surface area contributed by atoms with Crippen LogP contribution in [0.5, 0.6) is 0 Å². The quantitative estimate of drug-likeness (QED) is 0.725. The molecule has 5 heteroatoms. The molecule has 2 saturated heterocycles. The highest BCUT2D eigenvalue weighted by atomic mass is 19.1. The van der Waals surface area contributed by atoms with Gasteiger partial charge in [-0.05, 0) is 89.1 Å². The highest BCUT2D eigenvalue weighted by molar-refractivity contribution is 5.68. The molecule has 0 spiro atoms. The van der Waals surface area contributed by atoms with Crippen molar-refractivity contribution in [2.75, 3.05) is 26.2 Å². The predicted molar refractivity (Wildman–Crippen MR) is 110 cm³/mol. The lowest BCUT2D eigenvalue weighted by Gasteiger charge is -2.33. The van der Waals surface area contributed by atoms with Crippen LogP contribution >= 0.6 is 0 Å². The van der Waals surface area contributed by atoms with Crippen molar-refractivity contribution < 1.29 is 13.9 Å². The minimum Gasteiger partial charge on any atom is -0.444 e. The number of amides is 1. The molecule has 0 aromatic heterocycles. The molecule has 0 aliphatic carbocycles. The second-order valence-electron chi connectivity index (χ2n) is 9.38. The van der Waals surface area contributed by atoms with Gasteiger partial charge in [0.15, 0.2) is 0 Å². The van der Waals surface area contributed by atoms with Gasteiger partial charge in [0.2, 0.25) is 0 Å². The summed E-state index contributed by atoms with van der Waals surface area (Å²) in [6.07, 6.45) is 6.13. The number of ether oxygens (including phenoxy) is 1. The number of piperidine rings is 2. The summed E-state index contributed by atoms with van der Waals surface area (Å²) in [7, 11) is 0. The molecule has 1 aromatic carbocycles. The second-order valence-corrected chi connectivity index (χ2v) is 9.38. The van der Waals surface area contributed by atoms with Gasteiger partial charge in [-0.1, -0.05) is 18.6 Å². The number of rotatable bonds is 4. The lowest BCUT2D eigenvalue weighted by molar-refractivity contribution is 0.0184. The molecule has 0 atom stereocenters. The van der Waals surface area contributed by atoms with Gasteiger partial charge in [-0.2, -0.15) is 0 Å². The first-order valence-corrected chi connectivity index (χ1v) is 10.8. The Balaban J connectivity index is 1.48. The zero-order chi connectivity index (χ0) is 20.1. The van der Waals surface area contributed by atoms with Crippen LogP contribution < -0.4 is 0 Å². The van der Waals surface area contributed by atoms with Gasteiger partial charge in [-0.15, -0.1) is 0 Å². The Kier molecular flexibility index (Phi) is 6.97. The number of likely N-dealkylation sites (tertiary alicyclic amines) is 2. The van der Waals surface area contributed by atoms with Crippen LogP contribution in [0.1, 0.15) is 64.0 Å². The lowest BCUT2D eigenvalue weighted by atomic mass is 9.89. The molecule has 2 aliphatic rings. The van der Waals surface area contributed by atoms with Crippen LogP contribution in [0.2, 0.25) is 0 Å². The van der Waals surface area contributed by atoms with Crippen molar-refractivity contribution >= 4 is 6.09 Å². The van der Waals surface area contributed by atoms with E-state index in [0.29, 0.717) is 19.0 Å². The SMILES string of the molecule is CC(C)(C)OC(=O)N1CCC(Cc2ccc(CN3CCCCC3)cc2F)CC1. The summed E-state index contributed by atoms with van der Waals surface area (Å²) >= 11 is 0. The number of carbonyl (C=O) groups is 1. The molecular weight excluding hydrogens is 355 g/mol. The summed E-state index contributed by atoms with van der Waals surface area (Å²) < 4.78 is 20.1. The topological polar surface area (TPSA) is 32.8 Å². The van der Waals surface area contributed by atoms with Crippen molar-refractivity contribution in [2.45, 2.75) is 71.4 Å². The van der Waals surface area contributed by atoms with E-state index >= 15 is 0 Å². The fourth-order valence-electron chi connectivity index (χ4n) is 4.19. The third-order valence-corrected chi connectivity index (χ3v) is 5.75. The monoisotopic (exact) mass is 390 g/mol. The third kappa shape index (κ3) is 6.20. The maximum Gasteiger partial charge on any atom is 0.410 e. The van der Waals surface area contributed by atoms with Gasteiger partial charge in [0.05, 0.1) is 0 Å². The zero-order valence-electron chi connectivity index (χ0n) is 17.7. The molecule has 2 fully saturated rings. The summed E-state index contributed by atoms with van der Waals surface area (Å²) in [6, 6.07) is 5.78. The Morgan fingerprint density at radius 2 is 1.79 bits per heavy atom. The van der Waals surface area contributed by atoms with Crippen molar-refractivity contribution in [3.8, 4) is 0 Å². The third-order valence-electron chi connectivity index (χ3n) is 5.75. The van der Waals surface area contributed by atoms with E-state index in [1.807, 2.05) is 26.8 Å². The van der Waals surface area contributed by atoms with E-state index < -0.39 is 5.60 Å². The van der Waals surface area contributed by atoms with Gasteiger partial charge < -0.3 is 9.64 Å². The Morgan fingerprint density at radius 3 is 2.39 bits per heavy atom. The molecule has 1 aromatic rings. The molecule has 2 aliphatic heterocycles. The molecule has 2 heterocycles. The molecule has 28 heavy (non-hydrogen) atoms. The minimum absolute atomic E-state index is 0.0796. The summed E-state index contributed by atoms with van der Waals surface area (Å²) in [4.78, 5) is 16.4. The van der Waals surface area contributed by atoms with Crippen molar-refractivity contribution in [1.29, 1.82) is 0 Å². The van der Waals surface area contributed by atoms with E-state index in [-0.39, 0.29) is 11.9 Å². The Labute approximate surface area is 169 Å². The molecule has 0 saturated carbocycles. The fraction of sp³-hybridized carbons (Fsp3) is 0.696. The smallest absolute Gasteiger partial charge is 0.410 e.